The van der Waals surface area contributed by atoms with Crippen molar-refractivity contribution in [1.82, 2.24) is 5.43 Å². The zero-order valence-corrected chi connectivity index (χ0v) is 17.5. The van der Waals surface area contributed by atoms with Gasteiger partial charge in [0.05, 0.1) is 17.2 Å². The summed E-state index contributed by atoms with van der Waals surface area (Å²) in [5.74, 6) is 0.236. The standard InChI is InChI=1S/C26H20N2O2S/c29-24-14-13-17-7-1-2-8-18(17)23(24)15-27-28-25(30)16-31-26-21-11-5-3-9-19(21)20-10-4-6-12-22(20)26/h1-15,26,29H,16H2,(H,28,30). The molecule has 0 aromatic heterocycles. The van der Waals surface area contributed by atoms with Gasteiger partial charge in [-0.05, 0) is 39.1 Å². The first-order valence-electron chi connectivity index (χ1n) is 10.0. The molecule has 0 atom stereocenters. The highest BCUT2D eigenvalue weighted by molar-refractivity contribution is 8.00. The van der Waals surface area contributed by atoms with E-state index in [1.807, 2.05) is 54.6 Å². The molecule has 4 aromatic carbocycles. The van der Waals surface area contributed by atoms with E-state index in [4.69, 9.17) is 0 Å². The van der Waals surface area contributed by atoms with Gasteiger partial charge in [-0.25, -0.2) is 5.43 Å². The van der Waals surface area contributed by atoms with Crippen molar-refractivity contribution in [3.05, 3.63) is 102 Å². The van der Waals surface area contributed by atoms with Crippen LogP contribution in [0.15, 0.2) is 90.0 Å². The Morgan fingerprint density at radius 2 is 1.55 bits per heavy atom. The van der Waals surface area contributed by atoms with Gasteiger partial charge in [0.2, 0.25) is 5.91 Å². The largest absolute Gasteiger partial charge is 0.507 e. The summed E-state index contributed by atoms with van der Waals surface area (Å²) in [4.78, 5) is 12.5. The van der Waals surface area contributed by atoms with Crippen LogP contribution in [0.25, 0.3) is 21.9 Å². The number of thioether (sulfide) groups is 1. The summed E-state index contributed by atoms with van der Waals surface area (Å²) in [7, 11) is 0. The van der Waals surface area contributed by atoms with Crippen LogP contribution in [0.3, 0.4) is 0 Å². The fourth-order valence-corrected chi connectivity index (χ4v) is 5.22. The molecule has 0 saturated heterocycles. The van der Waals surface area contributed by atoms with E-state index in [1.54, 1.807) is 17.8 Å². The molecule has 1 aliphatic carbocycles. The number of amides is 1. The predicted molar refractivity (Wildman–Crippen MR) is 128 cm³/mol. The predicted octanol–water partition coefficient (Wildman–Crippen LogP) is 5.50. The van der Waals surface area contributed by atoms with Gasteiger partial charge < -0.3 is 5.11 Å². The molecule has 2 N–H and O–H groups in total. The zero-order valence-electron chi connectivity index (χ0n) is 16.7. The third kappa shape index (κ3) is 3.68. The maximum absolute atomic E-state index is 12.5. The molecule has 0 bridgehead atoms. The van der Waals surface area contributed by atoms with Crippen molar-refractivity contribution in [1.29, 1.82) is 0 Å². The maximum Gasteiger partial charge on any atom is 0.250 e. The van der Waals surface area contributed by atoms with Crippen LogP contribution in [0.4, 0.5) is 0 Å². The molecule has 5 heteroatoms. The van der Waals surface area contributed by atoms with Gasteiger partial charge in [-0.2, -0.15) is 5.10 Å². The lowest BCUT2D eigenvalue weighted by atomic mass is 10.0. The van der Waals surface area contributed by atoms with E-state index in [2.05, 4.69) is 34.8 Å². The quantitative estimate of drug-likeness (QED) is 0.329. The number of aromatic hydroxyl groups is 1. The molecule has 0 heterocycles. The topological polar surface area (TPSA) is 61.7 Å². The van der Waals surface area contributed by atoms with Gasteiger partial charge in [0.15, 0.2) is 0 Å². The zero-order chi connectivity index (χ0) is 21.2. The van der Waals surface area contributed by atoms with Gasteiger partial charge in [0, 0.05) is 5.56 Å². The summed E-state index contributed by atoms with van der Waals surface area (Å²) in [5, 5.41) is 16.3. The van der Waals surface area contributed by atoms with Crippen molar-refractivity contribution in [3.63, 3.8) is 0 Å². The maximum atomic E-state index is 12.5. The van der Waals surface area contributed by atoms with Crippen LogP contribution >= 0.6 is 11.8 Å². The fraction of sp³-hybridized carbons (Fsp3) is 0.0769. The Labute approximate surface area is 184 Å². The Balaban J connectivity index is 1.28. The van der Waals surface area contributed by atoms with E-state index in [1.165, 1.54) is 28.5 Å². The van der Waals surface area contributed by atoms with Crippen molar-refractivity contribution in [3.8, 4) is 16.9 Å². The smallest absolute Gasteiger partial charge is 0.250 e. The van der Waals surface area contributed by atoms with Crippen LogP contribution in [0.1, 0.15) is 21.9 Å². The Kier molecular flexibility index (Phi) is 5.18. The van der Waals surface area contributed by atoms with E-state index in [0.717, 1.165) is 10.8 Å². The number of nitrogens with one attached hydrogen (secondary N) is 1. The number of nitrogens with zero attached hydrogens (tertiary/aromatic N) is 1. The summed E-state index contributed by atoms with van der Waals surface area (Å²) in [6, 6.07) is 27.9. The fourth-order valence-electron chi connectivity index (χ4n) is 4.07. The molecule has 0 aliphatic heterocycles. The van der Waals surface area contributed by atoms with E-state index in [-0.39, 0.29) is 22.7 Å². The van der Waals surface area contributed by atoms with E-state index >= 15 is 0 Å². The number of fused-ring (bicyclic) bond motifs is 4. The molecule has 5 rings (SSSR count). The van der Waals surface area contributed by atoms with Gasteiger partial charge in [0.25, 0.3) is 0 Å². The number of rotatable bonds is 5. The molecule has 1 amide bonds. The lowest BCUT2D eigenvalue weighted by molar-refractivity contribution is -0.118. The molecule has 1 aliphatic rings. The van der Waals surface area contributed by atoms with Gasteiger partial charge in [0.1, 0.15) is 5.75 Å². The molecular formula is C26H20N2O2S. The SMILES string of the molecule is O=C(CSC1c2ccccc2-c2ccccc21)NN=Cc1c(O)ccc2ccccc12. The number of hydrogen-bond donors (Lipinski definition) is 2. The van der Waals surface area contributed by atoms with Gasteiger partial charge in [-0.15, -0.1) is 11.8 Å². The minimum Gasteiger partial charge on any atom is -0.507 e. The molecule has 4 aromatic rings. The second-order valence-corrected chi connectivity index (χ2v) is 8.47. The van der Waals surface area contributed by atoms with Crippen LogP contribution in [-0.4, -0.2) is 23.0 Å². The molecule has 152 valence electrons. The third-order valence-electron chi connectivity index (χ3n) is 5.49. The van der Waals surface area contributed by atoms with Crippen molar-refractivity contribution in [2.45, 2.75) is 5.25 Å². The van der Waals surface area contributed by atoms with Crippen LogP contribution in [0, 0.1) is 0 Å². The second kappa shape index (κ2) is 8.28. The van der Waals surface area contributed by atoms with E-state index < -0.39 is 0 Å². The lowest BCUT2D eigenvalue weighted by Gasteiger charge is -2.12. The Morgan fingerprint density at radius 3 is 2.29 bits per heavy atom. The molecule has 0 radical (unpaired) electrons. The minimum atomic E-state index is -0.178. The first kappa shape index (κ1) is 19.4. The van der Waals surface area contributed by atoms with E-state index in [0.29, 0.717) is 5.56 Å². The van der Waals surface area contributed by atoms with Crippen molar-refractivity contribution in [2.75, 3.05) is 5.75 Å². The molecular weight excluding hydrogens is 404 g/mol. The Bertz CT molecular complexity index is 1270. The highest BCUT2D eigenvalue weighted by Crippen LogP contribution is 2.49. The average Bonchev–Trinajstić information content (AvgIpc) is 3.13. The highest BCUT2D eigenvalue weighted by Gasteiger charge is 2.28. The van der Waals surface area contributed by atoms with Crippen molar-refractivity contribution >= 4 is 34.7 Å². The van der Waals surface area contributed by atoms with Crippen LogP contribution in [0.5, 0.6) is 5.75 Å². The lowest BCUT2D eigenvalue weighted by Crippen LogP contribution is -2.20. The van der Waals surface area contributed by atoms with E-state index in [9.17, 15) is 9.90 Å². The highest BCUT2D eigenvalue weighted by atomic mass is 32.2. The number of benzene rings is 4. The normalized spacial score (nSPS) is 12.8. The molecule has 0 fully saturated rings. The summed E-state index contributed by atoms with van der Waals surface area (Å²) < 4.78 is 0. The number of phenols is 1. The Morgan fingerprint density at radius 1 is 0.903 bits per heavy atom. The van der Waals surface area contributed by atoms with Gasteiger partial charge in [-0.1, -0.05) is 78.9 Å². The number of carbonyl (C=O) groups is 1. The van der Waals surface area contributed by atoms with Crippen LogP contribution in [-0.2, 0) is 4.79 Å². The molecule has 31 heavy (non-hydrogen) atoms. The summed E-state index contributed by atoms with van der Waals surface area (Å²) >= 11 is 1.59. The summed E-state index contributed by atoms with van der Waals surface area (Å²) in [6.07, 6.45) is 1.50. The first-order valence-corrected chi connectivity index (χ1v) is 11.1. The summed E-state index contributed by atoms with van der Waals surface area (Å²) in [6.45, 7) is 0. The molecule has 0 spiro atoms. The first-order chi connectivity index (χ1) is 15.2. The van der Waals surface area contributed by atoms with Gasteiger partial charge in [-0.3, -0.25) is 4.79 Å². The third-order valence-corrected chi connectivity index (χ3v) is 6.76. The number of hydrazone groups is 1. The monoisotopic (exact) mass is 424 g/mol. The second-order valence-electron chi connectivity index (χ2n) is 7.38. The molecule has 4 nitrogen and oxygen atoms in total. The number of phenolic OH excluding ortho intramolecular Hbond substituents is 1. The van der Waals surface area contributed by atoms with Crippen LogP contribution in [0.2, 0.25) is 0 Å². The van der Waals surface area contributed by atoms with Crippen molar-refractivity contribution in [2.24, 2.45) is 5.10 Å². The van der Waals surface area contributed by atoms with Crippen LogP contribution < -0.4 is 5.43 Å². The number of hydrogen-bond acceptors (Lipinski definition) is 4. The molecule has 0 saturated carbocycles. The van der Waals surface area contributed by atoms with Gasteiger partial charge >= 0.3 is 0 Å². The minimum absolute atomic E-state index is 0.129. The Hall–Kier alpha value is -3.57. The average molecular weight is 425 g/mol. The van der Waals surface area contributed by atoms with Crippen molar-refractivity contribution < 1.29 is 9.90 Å². The summed E-state index contributed by atoms with van der Waals surface area (Å²) in [5.41, 5.74) is 8.14. The number of carbonyl (C=O) groups excluding carboxylic acids is 1. The molecule has 0 unspecified atom stereocenters.